The van der Waals surface area contributed by atoms with Gasteiger partial charge < -0.3 is 10.5 Å². The predicted octanol–water partition coefficient (Wildman–Crippen LogP) is 4.38. The van der Waals surface area contributed by atoms with Gasteiger partial charge in [-0.05, 0) is 48.9 Å². The maximum absolute atomic E-state index is 6.12. The molecule has 0 saturated carbocycles. The van der Waals surface area contributed by atoms with E-state index in [1.807, 2.05) is 13.0 Å². The van der Waals surface area contributed by atoms with Gasteiger partial charge in [-0.25, -0.2) is 0 Å². The average molecular weight is 320 g/mol. The van der Waals surface area contributed by atoms with Crippen LogP contribution in [0.15, 0.2) is 48.5 Å². The summed E-state index contributed by atoms with van der Waals surface area (Å²) in [6, 6.07) is 17.2. The van der Waals surface area contributed by atoms with Crippen molar-refractivity contribution in [2.45, 2.75) is 39.2 Å². The molecule has 2 aromatic rings. The Morgan fingerprint density at radius 3 is 2.36 bits per heavy atom. The molecule has 0 fully saturated rings. The zero-order valence-corrected chi connectivity index (χ0v) is 14.2. The highest BCUT2D eigenvalue weighted by Gasteiger charge is 2.09. The third-order valence-electron chi connectivity index (χ3n) is 3.68. The molecule has 0 aromatic heterocycles. The maximum atomic E-state index is 6.12. The summed E-state index contributed by atoms with van der Waals surface area (Å²) in [5, 5.41) is 0. The van der Waals surface area contributed by atoms with E-state index >= 15 is 0 Å². The van der Waals surface area contributed by atoms with Gasteiger partial charge in [-0.1, -0.05) is 49.4 Å². The Morgan fingerprint density at radius 1 is 1.00 bits per heavy atom. The number of hydrogen-bond acceptors (Lipinski definition) is 2. The first kappa shape index (κ1) is 18.5. The summed E-state index contributed by atoms with van der Waals surface area (Å²) >= 11 is 0. The van der Waals surface area contributed by atoms with Gasteiger partial charge in [0.15, 0.2) is 0 Å². The Balaban J connectivity index is 0.00000242. The molecule has 1 unspecified atom stereocenters. The van der Waals surface area contributed by atoms with Crippen LogP contribution in [-0.4, -0.2) is 12.6 Å². The summed E-state index contributed by atoms with van der Waals surface area (Å²) in [5.41, 5.74) is 9.97. The first-order chi connectivity index (χ1) is 10.2. The van der Waals surface area contributed by atoms with Gasteiger partial charge in [0.2, 0.25) is 0 Å². The molecule has 0 saturated heterocycles. The minimum Gasteiger partial charge on any atom is -0.494 e. The summed E-state index contributed by atoms with van der Waals surface area (Å²) in [4.78, 5) is 0. The first-order valence-corrected chi connectivity index (χ1v) is 7.77. The minimum absolute atomic E-state index is 0. The Morgan fingerprint density at radius 2 is 1.73 bits per heavy atom. The van der Waals surface area contributed by atoms with Crippen LogP contribution < -0.4 is 10.5 Å². The monoisotopic (exact) mass is 319 g/mol. The van der Waals surface area contributed by atoms with Crippen LogP contribution in [0, 0.1) is 0 Å². The molecule has 2 rings (SSSR count). The van der Waals surface area contributed by atoms with Crippen molar-refractivity contribution in [3.05, 3.63) is 65.2 Å². The molecule has 2 N–H and O–H groups in total. The van der Waals surface area contributed by atoms with Crippen LogP contribution in [0.4, 0.5) is 0 Å². The van der Waals surface area contributed by atoms with Crippen molar-refractivity contribution in [2.75, 3.05) is 6.61 Å². The minimum atomic E-state index is 0. The molecular formula is C19H26ClNO. The highest BCUT2D eigenvalue weighted by molar-refractivity contribution is 5.85. The highest BCUT2D eigenvalue weighted by Crippen LogP contribution is 2.23. The molecule has 0 heterocycles. The molecule has 2 aromatic carbocycles. The van der Waals surface area contributed by atoms with Crippen LogP contribution in [0.1, 0.15) is 37.0 Å². The van der Waals surface area contributed by atoms with Crippen molar-refractivity contribution in [2.24, 2.45) is 5.73 Å². The second kappa shape index (κ2) is 9.50. The van der Waals surface area contributed by atoms with Crippen molar-refractivity contribution < 1.29 is 4.74 Å². The molecule has 0 radical (unpaired) electrons. The van der Waals surface area contributed by atoms with E-state index in [0.717, 1.165) is 25.0 Å². The molecular weight excluding hydrogens is 294 g/mol. The van der Waals surface area contributed by atoms with E-state index in [4.69, 9.17) is 10.5 Å². The number of ether oxygens (including phenoxy) is 1. The molecule has 0 amide bonds. The number of hydrogen-bond donors (Lipinski definition) is 1. The zero-order valence-electron chi connectivity index (χ0n) is 13.4. The lowest BCUT2D eigenvalue weighted by Gasteiger charge is -2.15. The van der Waals surface area contributed by atoms with E-state index < -0.39 is 0 Å². The Hall–Kier alpha value is -1.51. The van der Waals surface area contributed by atoms with Crippen LogP contribution in [0.3, 0.4) is 0 Å². The normalized spacial score (nSPS) is 11.6. The SMILES string of the molecule is CCOc1ccc(Cc2ccccc2)cc1CC(N)CC.Cl. The van der Waals surface area contributed by atoms with E-state index in [0.29, 0.717) is 6.61 Å². The van der Waals surface area contributed by atoms with Gasteiger partial charge in [-0.3, -0.25) is 0 Å². The fraction of sp³-hybridized carbons (Fsp3) is 0.368. The van der Waals surface area contributed by atoms with E-state index in [1.54, 1.807) is 0 Å². The van der Waals surface area contributed by atoms with E-state index in [9.17, 15) is 0 Å². The van der Waals surface area contributed by atoms with Crippen molar-refractivity contribution in [3.63, 3.8) is 0 Å². The number of nitrogens with two attached hydrogens (primary N) is 1. The Labute approximate surface area is 140 Å². The third-order valence-corrected chi connectivity index (χ3v) is 3.68. The van der Waals surface area contributed by atoms with Crippen LogP contribution >= 0.6 is 12.4 Å². The molecule has 0 spiro atoms. The fourth-order valence-electron chi connectivity index (χ4n) is 2.46. The second-order valence-electron chi connectivity index (χ2n) is 5.41. The fourth-order valence-corrected chi connectivity index (χ4v) is 2.46. The first-order valence-electron chi connectivity index (χ1n) is 7.77. The summed E-state index contributed by atoms with van der Waals surface area (Å²) < 4.78 is 5.73. The summed E-state index contributed by atoms with van der Waals surface area (Å²) in [5.74, 6) is 0.971. The van der Waals surface area contributed by atoms with Crippen molar-refractivity contribution in [1.82, 2.24) is 0 Å². The van der Waals surface area contributed by atoms with E-state index in [-0.39, 0.29) is 18.4 Å². The lowest BCUT2D eigenvalue weighted by atomic mass is 9.98. The highest BCUT2D eigenvalue weighted by atomic mass is 35.5. The third kappa shape index (κ3) is 5.36. The van der Waals surface area contributed by atoms with E-state index in [2.05, 4.69) is 49.4 Å². The van der Waals surface area contributed by atoms with Gasteiger partial charge in [0.1, 0.15) is 5.75 Å². The van der Waals surface area contributed by atoms with Crippen molar-refractivity contribution in [3.8, 4) is 5.75 Å². The quantitative estimate of drug-likeness (QED) is 0.822. The van der Waals surface area contributed by atoms with Gasteiger partial charge in [0.05, 0.1) is 6.61 Å². The Bertz CT molecular complexity index is 557. The predicted molar refractivity (Wildman–Crippen MR) is 96.1 cm³/mol. The number of benzene rings is 2. The largest absolute Gasteiger partial charge is 0.494 e. The van der Waals surface area contributed by atoms with Crippen molar-refractivity contribution >= 4 is 12.4 Å². The van der Waals surface area contributed by atoms with Gasteiger partial charge >= 0.3 is 0 Å². The topological polar surface area (TPSA) is 35.2 Å². The molecule has 3 heteroatoms. The second-order valence-corrected chi connectivity index (χ2v) is 5.41. The van der Waals surface area contributed by atoms with Crippen LogP contribution in [0.25, 0.3) is 0 Å². The van der Waals surface area contributed by atoms with Crippen LogP contribution in [-0.2, 0) is 12.8 Å². The molecule has 2 nitrogen and oxygen atoms in total. The molecule has 120 valence electrons. The van der Waals surface area contributed by atoms with Gasteiger partial charge in [0, 0.05) is 6.04 Å². The lowest BCUT2D eigenvalue weighted by molar-refractivity contribution is 0.335. The summed E-state index contributed by atoms with van der Waals surface area (Å²) in [7, 11) is 0. The molecule has 0 aliphatic carbocycles. The zero-order chi connectivity index (χ0) is 15.1. The van der Waals surface area contributed by atoms with E-state index in [1.165, 1.54) is 16.7 Å². The summed E-state index contributed by atoms with van der Waals surface area (Å²) in [6.07, 6.45) is 2.80. The molecule has 0 aliphatic heterocycles. The smallest absolute Gasteiger partial charge is 0.122 e. The van der Waals surface area contributed by atoms with Gasteiger partial charge in [-0.2, -0.15) is 0 Å². The lowest BCUT2D eigenvalue weighted by Crippen LogP contribution is -2.21. The Kier molecular flexibility index (Phi) is 8.00. The van der Waals surface area contributed by atoms with Gasteiger partial charge in [0.25, 0.3) is 0 Å². The van der Waals surface area contributed by atoms with Gasteiger partial charge in [-0.15, -0.1) is 12.4 Å². The van der Waals surface area contributed by atoms with Crippen LogP contribution in [0.2, 0.25) is 0 Å². The molecule has 1 atom stereocenters. The van der Waals surface area contributed by atoms with Crippen molar-refractivity contribution in [1.29, 1.82) is 0 Å². The van der Waals surface area contributed by atoms with Crippen LogP contribution in [0.5, 0.6) is 5.75 Å². The number of halogens is 1. The average Bonchev–Trinajstić information content (AvgIpc) is 2.51. The number of rotatable bonds is 7. The molecule has 22 heavy (non-hydrogen) atoms. The molecule has 0 bridgehead atoms. The maximum Gasteiger partial charge on any atom is 0.122 e. The summed E-state index contributed by atoms with van der Waals surface area (Å²) in [6.45, 7) is 4.83. The standard InChI is InChI=1S/C19H25NO.ClH/c1-3-18(20)14-17-13-16(10-11-19(17)21-4-2)12-15-8-6-5-7-9-15;/h5-11,13,18H,3-4,12,14,20H2,1-2H3;1H. The molecule has 0 aliphatic rings.